The van der Waals surface area contributed by atoms with Crippen molar-refractivity contribution >= 4 is 66.7 Å². The van der Waals surface area contributed by atoms with Gasteiger partial charge in [-0.15, -0.1) is 0 Å². The Morgan fingerprint density at radius 2 is 0.848 bits per heavy atom. The molecule has 0 fully saturated rings. The van der Waals surface area contributed by atoms with Gasteiger partial charge in [-0.2, -0.15) is 0 Å². The summed E-state index contributed by atoms with van der Waals surface area (Å²) in [5.41, 5.74) is 18.2. The van der Waals surface area contributed by atoms with E-state index in [0.717, 1.165) is 53.4 Å². The van der Waals surface area contributed by atoms with Crippen LogP contribution in [0.15, 0.2) is 237 Å². The van der Waals surface area contributed by atoms with E-state index in [4.69, 9.17) is 0 Å². The van der Waals surface area contributed by atoms with Crippen LogP contribution in [0.25, 0.3) is 43.7 Å². The van der Waals surface area contributed by atoms with Gasteiger partial charge in [0.15, 0.2) is 0 Å². The van der Waals surface area contributed by atoms with Crippen LogP contribution in [0.1, 0.15) is 34.7 Å². The molecule has 3 heteroatoms. The van der Waals surface area contributed by atoms with Gasteiger partial charge in [-0.1, -0.05) is 171 Å². The number of benzene rings is 10. The molecule has 0 aliphatic carbocycles. The van der Waals surface area contributed by atoms with Crippen LogP contribution in [-0.4, -0.2) is 4.57 Å². The molecule has 1 aromatic heterocycles. The smallest absolute Gasteiger partial charge is 0.0543 e. The molecular weight excluding hydrogens is 799 g/mol. The number of hydrogen-bond acceptors (Lipinski definition) is 2. The maximum atomic E-state index is 2.50. The summed E-state index contributed by atoms with van der Waals surface area (Å²) in [7, 11) is 2.19. The van der Waals surface area contributed by atoms with Gasteiger partial charge in [-0.25, -0.2) is 0 Å². The van der Waals surface area contributed by atoms with Crippen molar-refractivity contribution in [2.75, 3.05) is 9.80 Å². The minimum atomic E-state index is 0.771. The molecule has 0 unspecified atom stereocenters. The molecule has 66 heavy (non-hydrogen) atoms. The first kappa shape index (κ1) is 40.6. The zero-order valence-corrected chi connectivity index (χ0v) is 37.5. The predicted molar refractivity (Wildman–Crippen MR) is 281 cm³/mol. The highest BCUT2D eigenvalue weighted by atomic mass is 15.1. The Kier molecular flexibility index (Phi) is 11.0. The molecule has 3 nitrogen and oxygen atoms in total. The van der Waals surface area contributed by atoms with Crippen LogP contribution in [0, 0.1) is 0 Å². The zero-order chi connectivity index (χ0) is 44.4. The first-order valence-electron chi connectivity index (χ1n) is 23.1. The molecule has 0 atom stereocenters. The van der Waals surface area contributed by atoms with E-state index in [9.17, 15) is 0 Å². The van der Waals surface area contributed by atoms with Crippen LogP contribution >= 0.6 is 0 Å². The molecule has 1 heterocycles. The molecule has 0 saturated heterocycles. The van der Waals surface area contributed by atoms with Crippen LogP contribution < -0.4 is 9.80 Å². The fourth-order valence-corrected chi connectivity index (χ4v) is 10.0. The van der Waals surface area contributed by atoms with E-state index < -0.39 is 0 Å². The molecule has 0 N–H and O–H groups in total. The van der Waals surface area contributed by atoms with Gasteiger partial charge in [-0.05, 0) is 136 Å². The third kappa shape index (κ3) is 7.69. The van der Waals surface area contributed by atoms with E-state index in [-0.39, 0.29) is 0 Å². The first-order valence-corrected chi connectivity index (χ1v) is 23.1. The maximum absolute atomic E-state index is 2.50. The molecule has 0 saturated carbocycles. The second-order valence-corrected chi connectivity index (χ2v) is 17.3. The van der Waals surface area contributed by atoms with Gasteiger partial charge in [0.2, 0.25) is 0 Å². The third-order valence-corrected chi connectivity index (χ3v) is 13.2. The van der Waals surface area contributed by atoms with Gasteiger partial charge in [0, 0.05) is 57.2 Å². The average Bonchev–Trinajstić information content (AvgIpc) is 3.66. The van der Waals surface area contributed by atoms with Gasteiger partial charge < -0.3 is 14.4 Å². The summed E-state index contributed by atoms with van der Waals surface area (Å²) in [5.74, 6) is 0. The number of aromatic nitrogens is 1. The Bertz CT molecular complexity index is 3410. The van der Waals surface area contributed by atoms with Crippen LogP contribution in [0.2, 0.25) is 0 Å². The van der Waals surface area contributed by atoms with Crippen molar-refractivity contribution in [3.8, 4) is 11.1 Å². The quantitative estimate of drug-likeness (QED) is 0.121. The SMILES string of the molecule is CCc1ccc2c(N(c3ccccc3)c3ccc4c5ccccc5n(C)c4c3)cc(Cc3ccccc3)c(-c3ccc(N(c4ccccc4)c4ccccc4)cc3Cc3ccccc3)c2c1. The summed E-state index contributed by atoms with van der Waals surface area (Å²) in [6, 6.07) is 86.8. The van der Waals surface area contributed by atoms with Crippen molar-refractivity contribution in [2.24, 2.45) is 7.05 Å². The molecule has 10 aromatic carbocycles. The number of anilines is 6. The van der Waals surface area contributed by atoms with E-state index >= 15 is 0 Å². The minimum absolute atomic E-state index is 0.771. The number of hydrogen-bond donors (Lipinski definition) is 0. The molecule has 0 amide bonds. The fraction of sp³-hybridized carbons (Fsp3) is 0.0794. The molecule has 11 rings (SSSR count). The average molecular weight is 850 g/mol. The lowest BCUT2D eigenvalue weighted by Crippen LogP contribution is -2.12. The van der Waals surface area contributed by atoms with Gasteiger partial charge in [0.1, 0.15) is 0 Å². The Morgan fingerprint density at radius 3 is 1.47 bits per heavy atom. The predicted octanol–water partition coefficient (Wildman–Crippen LogP) is 16.8. The van der Waals surface area contributed by atoms with E-state index in [1.807, 2.05) is 0 Å². The van der Waals surface area contributed by atoms with Crippen LogP contribution in [0.4, 0.5) is 34.1 Å². The summed E-state index contributed by atoms with van der Waals surface area (Å²) >= 11 is 0. The monoisotopic (exact) mass is 849 g/mol. The third-order valence-electron chi connectivity index (χ3n) is 13.2. The summed E-state index contributed by atoms with van der Waals surface area (Å²) in [6.07, 6.45) is 2.49. The largest absolute Gasteiger partial charge is 0.344 e. The zero-order valence-electron chi connectivity index (χ0n) is 37.5. The van der Waals surface area contributed by atoms with Gasteiger partial charge >= 0.3 is 0 Å². The Balaban J connectivity index is 1.19. The highest BCUT2D eigenvalue weighted by Crippen LogP contribution is 2.47. The summed E-state index contributed by atoms with van der Waals surface area (Å²) < 4.78 is 2.33. The van der Waals surface area contributed by atoms with Crippen molar-refractivity contribution in [1.29, 1.82) is 0 Å². The lowest BCUT2D eigenvalue weighted by molar-refractivity contribution is 1.01. The lowest BCUT2D eigenvalue weighted by atomic mass is 9.84. The number of para-hydroxylation sites is 4. The van der Waals surface area contributed by atoms with E-state index in [0.29, 0.717) is 0 Å². The second-order valence-electron chi connectivity index (χ2n) is 17.3. The normalized spacial score (nSPS) is 11.4. The molecule has 0 aliphatic rings. The van der Waals surface area contributed by atoms with Crippen molar-refractivity contribution < 1.29 is 0 Å². The van der Waals surface area contributed by atoms with Gasteiger partial charge in [0.25, 0.3) is 0 Å². The molecule has 0 radical (unpaired) electrons. The highest BCUT2D eigenvalue weighted by Gasteiger charge is 2.24. The first-order chi connectivity index (χ1) is 32.6. The minimum Gasteiger partial charge on any atom is -0.344 e. The molecule has 318 valence electrons. The van der Waals surface area contributed by atoms with Crippen molar-refractivity contribution in [3.63, 3.8) is 0 Å². The van der Waals surface area contributed by atoms with E-state index in [1.165, 1.54) is 71.5 Å². The lowest BCUT2D eigenvalue weighted by Gasteiger charge is -2.30. The topological polar surface area (TPSA) is 11.4 Å². The van der Waals surface area contributed by atoms with Crippen LogP contribution in [0.3, 0.4) is 0 Å². The van der Waals surface area contributed by atoms with Gasteiger partial charge in [0.05, 0.1) is 11.2 Å². The Labute approximate surface area is 388 Å². The standard InChI is InChI=1S/C63H51N3/c1-3-45-33-36-58-59(41-45)63(55-37-34-53(42-48(55)39-46-21-9-4-10-22-46)65(50-25-13-6-14-26-50)51-27-15-7-16-28-51)49(40-47-23-11-5-12-24-47)43-62(58)66(52-29-17-8-18-30-52)54-35-38-57-56-31-19-20-32-60(56)64(2)61(57)44-54/h4-38,41-44H,3,39-40H2,1-2H3. The number of fused-ring (bicyclic) bond motifs is 4. The summed E-state index contributed by atoms with van der Waals surface area (Å²) in [6.45, 7) is 2.27. The Morgan fingerprint density at radius 1 is 0.348 bits per heavy atom. The van der Waals surface area contributed by atoms with Crippen molar-refractivity contribution in [1.82, 2.24) is 4.57 Å². The molecular formula is C63H51N3. The number of rotatable bonds is 12. The van der Waals surface area contributed by atoms with E-state index in [2.05, 4.69) is 265 Å². The molecule has 0 aliphatic heterocycles. The molecule has 0 bridgehead atoms. The fourth-order valence-electron chi connectivity index (χ4n) is 10.0. The van der Waals surface area contributed by atoms with Crippen LogP contribution in [0.5, 0.6) is 0 Å². The molecule has 0 spiro atoms. The number of nitrogens with zero attached hydrogens (tertiary/aromatic N) is 3. The maximum Gasteiger partial charge on any atom is 0.0543 e. The highest BCUT2D eigenvalue weighted by molar-refractivity contribution is 6.11. The summed E-state index contributed by atoms with van der Waals surface area (Å²) in [5, 5.41) is 5.00. The van der Waals surface area contributed by atoms with Crippen molar-refractivity contribution in [2.45, 2.75) is 26.2 Å². The Hall–Kier alpha value is -8.14. The van der Waals surface area contributed by atoms with Gasteiger partial charge in [-0.3, -0.25) is 0 Å². The summed E-state index contributed by atoms with van der Waals surface area (Å²) in [4.78, 5) is 4.86. The second kappa shape index (κ2) is 17.8. The number of aryl methyl sites for hydroxylation is 2. The van der Waals surface area contributed by atoms with Crippen molar-refractivity contribution in [3.05, 3.63) is 264 Å². The van der Waals surface area contributed by atoms with Crippen LogP contribution in [-0.2, 0) is 26.3 Å². The molecule has 11 aromatic rings. The van der Waals surface area contributed by atoms with E-state index in [1.54, 1.807) is 0 Å².